The lowest BCUT2D eigenvalue weighted by Gasteiger charge is -2.30. The fourth-order valence-corrected chi connectivity index (χ4v) is 3.87. The number of hydrogen-bond donors (Lipinski definition) is 1. The highest BCUT2D eigenvalue weighted by molar-refractivity contribution is 7.98. The highest BCUT2D eigenvalue weighted by Crippen LogP contribution is 2.28. The van der Waals surface area contributed by atoms with Gasteiger partial charge in [-0.05, 0) is 42.7 Å². The monoisotopic (exact) mass is 412 g/mol. The molecule has 1 aromatic heterocycles. The summed E-state index contributed by atoms with van der Waals surface area (Å²) in [5.74, 6) is -0.604. The molecule has 1 amide bonds. The van der Waals surface area contributed by atoms with Gasteiger partial charge in [0, 0.05) is 18.8 Å². The molecule has 0 saturated carbocycles. The Labute approximate surface area is 172 Å². The highest BCUT2D eigenvalue weighted by atomic mass is 32.2. The number of carbonyl (C=O) groups excluding carboxylic acids is 1. The molecule has 2 heterocycles. The third-order valence-corrected chi connectivity index (χ3v) is 5.39. The molecule has 1 aliphatic heterocycles. The van der Waals surface area contributed by atoms with E-state index in [1.54, 1.807) is 22.9 Å². The van der Waals surface area contributed by atoms with Crippen molar-refractivity contribution in [3.63, 3.8) is 0 Å². The summed E-state index contributed by atoms with van der Waals surface area (Å²) >= 11 is 1.42. The zero-order chi connectivity index (χ0) is 20.2. The van der Waals surface area contributed by atoms with E-state index in [9.17, 15) is 9.18 Å². The van der Waals surface area contributed by atoms with E-state index in [2.05, 4.69) is 15.2 Å². The first-order valence-electron chi connectivity index (χ1n) is 9.28. The zero-order valence-corrected chi connectivity index (χ0v) is 16.8. The number of hydrogen-bond acceptors (Lipinski definition) is 5. The van der Waals surface area contributed by atoms with Crippen molar-refractivity contribution in [1.82, 2.24) is 9.55 Å². The van der Waals surface area contributed by atoms with Crippen molar-refractivity contribution in [1.29, 1.82) is 0 Å². The molecule has 0 radical (unpaired) electrons. The van der Waals surface area contributed by atoms with Crippen LogP contribution in [-0.4, -0.2) is 48.0 Å². The van der Waals surface area contributed by atoms with Crippen molar-refractivity contribution in [2.75, 3.05) is 42.8 Å². The number of ether oxygens (including phenoxy) is 1. The van der Waals surface area contributed by atoms with Gasteiger partial charge in [-0.3, -0.25) is 9.36 Å². The third kappa shape index (κ3) is 4.13. The van der Waals surface area contributed by atoms with Gasteiger partial charge in [-0.2, -0.15) is 0 Å². The molecule has 3 aromatic rings. The molecule has 0 aliphatic carbocycles. The summed E-state index contributed by atoms with van der Waals surface area (Å²) in [4.78, 5) is 19.7. The van der Waals surface area contributed by atoms with Gasteiger partial charge in [0.15, 0.2) is 5.16 Å². The molecule has 0 unspecified atom stereocenters. The van der Waals surface area contributed by atoms with Crippen LogP contribution < -0.4 is 10.2 Å². The molecular formula is C21H21FN4O2S. The summed E-state index contributed by atoms with van der Waals surface area (Å²) in [6.45, 7) is 2.88. The number of benzene rings is 2. The zero-order valence-electron chi connectivity index (χ0n) is 16.0. The van der Waals surface area contributed by atoms with Gasteiger partial charge in [0.1, 0.15) is 11.5 Å². The minimum Gasteiger partial charge on any atom is -0.378 e. The maximum atomic E-state index is 13.4. The van der Waals surface area contributed by atoms with Crippen LogP contribution in [0.1, 0.15) is 10.5 Å². The van der Waals surface area contributed by atoms with E-state index in [0.29, 0.717) is 29.8 Å². The molecule has 1 N–H and O–H groups in total. The quantitative estimate of drug-likeness (QED) is 0.646. The van der Waals surface area contributed by atoms with Gasteiger partial charge in [0.25, 0.3) is 5.91 Å². The lowest BCUT2D eigenvalue weighted by atomic mass is 10.2. The summed E-state index contributed by atoms with van der Waals surface area (Å²) in [7, 11) is 0. The highest BCUT2D eigenvalue weighted by Gasteiger charge is 2.20. The van der Waals surface area contributed by atoms with Crippen LogP contribution in [0.5, 0.6) is 0 Å². The molecule has 1 aliphatic rings. The van der Waals surface area contributed by atoms with E-state index in [0.717, 1.165) is 24.5 Å². The van der Waals surface area contributed by atoms with E-state index < -0.39 is 0 Å². The second-order valence-corrected chi connectivity index (χ2v) is 7.29. The first-order chi connectivity index (χ1) is 14.2. The Morgan fingerprint density at radius 2 is 1.86 bits per heavy atom. The molecular weight excluding hydrogens is 391 g/mol. The molecule has 1 fully saturated rings. The van der Waals surface area contributed by atoms with Crippen molar-refractivity contribution < 1.29 is 13.9 Å². The van der Waals surface area contributed by atoms with Crippen LogP contribution in [0.2, 0.25) is 0 Å². The van der Waals surface area contributed by atoms with Crippen LogP contribution in [0.15, 0.2) is 59.9 Å². The second-order valence-electron chi connectivity index (χ2n) is 6.51. The van der Waals surface area contributed by atoms with Gasteiger partial charge in [0.05, 0.1) is 30.8 Å². The number of morpholine rings is 1. The topological polar surface area (TPSA) is 59.4 Å². The van der Waals surface area contributed by atoms with E-state index in [1.807, 2.05) is 30.5 Å². The average molecular weight is 412 g/mol. The van der Waals surface area contributed by atoms with Crippen molar-refractivity contribution >= 4 is 29.0 Å². The van der Waals surface area contributed by atoms with E-state index >= 15 is 0 Å². The number of nitrogens with one attached hydrogen (secondary N) is 1. The molecule has 0 spiro atoms. The van der Waals surface area contributed by atoms with Crippen molar-refractivity contribution in [2.24, 2.45) is 0 Å². The van der Waals surface area contributed by atoms with Crippen molar-refractivity contribution in [3.05, 3.63) is 66.2 Å². The number of imidazole rings is 1. The Morgan fingerprint density at radius 3 is 2.59 bits per heavy atom. The normalized spacial score (nSPS) is 14.1. The Hall–Kier alpha value is -2.84. The molecule has 4 rings (SSSR count). The molecule has 8 heteroatoms. The van der Waals surface area contributed by atoms with E-state index in [1.165, 1.54) is 23.9 Å². The summed E-state index contributed by atoms with van der Waals surface area (Å²) < 4.78 is 20.5. The molecule has 1 saturated heterocycles. The molecule has 29 heavy (non-hydrogen) atoms. The predicted octanol–water partition coefficient (Wildman–Crippen LogP) is 3.82. The van der Waals surface area contributed by atoms with E-state index in [-0.39, 0.29) is 11.7 Å². The summed E-state index contributed by atoms with van der Waals surface area (Å²) in [5, 5.41) is 3.67. The lowest BCUT2D eigenvalue weighted by Crippen LogP contribution is -2.36. The van der Waals surface area contributed by atoms with Crippen LogP contribution in [0.25, 0.3) is 5.69 Å². The van der Waals surface area contributed by atoms with Crippen LogP contribution in [0, 0.1) is 5.82 Å². The van der Waals surface area contributed by atoms with Crippen LogP contribution >= 0.6 is 11.8 Å². The predicted molar refractivity (Wildman–Crippen MR) is 113 cm³/mol. The van der Waals surface area contributed by atoms with Gasteiger partial charge in [-0.15, -0.1) is 0 Å². The maximum absolute atomic E-state index is 13.4. The molecule has 0 bridgehead atoms. The Bertz CT molecular complexity index is 1000. The number of aromatic nitrogens is 2. The Balaban J connectivity index is 1.65. The minimum atomic E-state index is -0.329. The Morgan fingerprint density at radius 1 is 1.14 bits per heavy atom. The number of thioether (sulfide) groups is 1. The van der Waals surface area contributed by atoms with Gasteiger partial charge in [-0.25, -0.2) is 9.37 Å². The number of halogens is 1. The first kappa shape index (κ1) is 19.5. The second kappa shape index (κ2) is 8.67. The maximum Gasteiger partial charge on any atom is 0.274 e. The molecule has 6 nitrogen and oxygen atoms in total. The standard InChI is InChI=1S/C21H21FN4O2S/c1-29-21-23-14-19(26(21)16-8-6-15(22)7-9-16)20(27)24-17-4-2-3-5-18(17)25-10-12-28-13-11-25/h2-9,14H,10-13H2,1H3,(H,24,27). The fourth-order valence-electron chi connectivity index (χ4n) is 3.32. The number of amides is 1. The largest absolute Gasteiger partial charge is 0.378 e. The van der Waals surface area contributed by atoms with Gasteiger partial charge in [0.2, 0.25) is 0 Å². The van der Waals surface area contributed by atoms with Crippen LogP contribution in [0.3, 0.4) is 0 Å². The smallest absolute Gasteiger partial charge is 0.274 e. The fraction of sp³-hybridized carbons (Fsp3) is 0.238. The number of carbonyl (C=O) groups is 1. The van der Waals surface area contributed by atoms with Crippen molar-refractivity contribution in [3.8, 4) is 5.69 Å². The van der Waals surface area contributed by atoms with E-state index in [4.69, 9.17) is 4.74 Å². The van der Waals surface area contributed by atoms with Crippen LogP contribution in [0.4, 0.5) is 15.8 Å². The van der Waals surface area contributed by atoms with Gasteiger partial charge >= 0.3 is 0 Å². The molecule has 150 valence electrons. The summed E-state index contributed by atoms with van der Waals surface area (Å²) in [6.07, 6.45) is 3.43. The minimum absolute atomic E-state index is 0.275. The van der Waals surface area contributed by atoms with Crippen LogP contribution in [-0.2, 0) is 4.74 Å². The van der Waals surface area contributed by atoms with Gasteiger partial charge in [-0.1, -0.05) is 23.9 Å². The molecule has 2 aromatic carbocycles. The average Bonchev–Trinajstić information content (AvgIpc) is 3.19. The lowest BCUT2D eigenvalue weighted by molar-refractivity contribution is 0.102. The number of rotatable bonds is 5. The van der Waals surface area contributed by atoms with Gasteiger partial charge < -0.3 is 15.0 Å². The summed E-state index contributed by atoms with van der Waals surface area (Å²) in [5.41, 5.74) is 2.76. The third-order valence-electron chi connectivity index (χ3n) is 4.73. The number of para-hydroxylation sites is 2. The number of nitrogens with zero attached hydrogens (tertiary/aromatic N) is 3. The summed E-state index contributed by atoms with van der Waals surface area (Å²) in [6, 6.07) is 13.7. The SMILES string of the molecule is CSc1ncc(C(=O)Nc2ccccc2N2CCOCC2)n1-c1ccc(F)cc1. The number of anilines is 2. The van der Waals surface area contributed by atoms with Crippen molar-refractivity contribution in [2.45, 2.75) is 5.16 Å². The first-order valence-corrected chi connectivity index (χ1v) is 10.5. The molecule has 0 atom stereocenters. The Kier molecular flexibility index (Phi) is 5.82.